The van der Waals surface area contributed by atoms with Gasteiger partial charge in [0.25, 0.3) is 11.8 Å². The summed E-state index contributed by atoms with van der Waals surface area (Å²) >= 11 is 0. The zero-order valence-corrected chi connectivity index (χ0v) is 16.2. The SMILES string of the molecule is CCOc1ccccc1C(=O)NCC(=O)O[C@@H](C)C(=O)Nc1ccc(C)cc1. The van der Waals surface area contributed by atoms with E-state index in [0.717, 1.165) is 5.56 Å². The van der Waals surface area contributed by atoms with Crippen molar-refractivity contribution in [3.63, 3.8) is 0 Å². The number of rotatable bonds is 8. The van der Waals surface area contributed by atoms with Gasteiger partial charge in [0.15, 0.2) is 6.10 Å². The van der Waals surface area contributed by atoms with Gasteiger partial charge in [0.2, 0.25) is 0 Å². The molecule has 0 aromatic heterocycles. The van der Waals surface area contributed by atoms with Crippen LogP contribution in [0.4, 0.5) is 5.69 Å². The monoisotopic (exact) mass is 384 g/mol. The summed E-state index contributed by atoms with van der Waals surface area (Å²) in [7, 11) is 0. The maximum absolute atomic E-state index is 12.3. The van der Waals surface area contributed by atoms with E-state index in [1.807, 2.05) is 26.0 Å². The van der Waals surface area contributed by atoms with Crippen molar-refractivity contribution in [1.29, 1.82) is 0 Å². The molecule has 2 aromatic carbocycles. The first-order valence-electron chi connectivity index (χ1n) is 8.97. The maximum Gasteiger partial charge on any atom is 0.326 e. The highest BCUT2D eigenvalue weighted by Crippen LogP contribution is 2.17. The lowest BCUT2D eigenvalue weighted by Crippen LogP contribution is -2.36. The lowest BCUT2D eigenvalue weighted by atomic mass is 10.2. The number of ether oxygens (including phenoxy) is 2. The molecule has 7 nitrogen and oxygen atoms in total. The van der Waals surface area contributed by atoms with E-state index in [-0.39, 0.29) is 6.54 Å². The number of amides is 2. The van der Waals surface area contributed by atoms with Crippen molar-refractivity contribution in [3.8, 4) is 5.75 Å². The second-order valence-corrected chi connectivity index (χ2v) is 6.10. The van der Waals surface area contributed by atoms with E-state index >= 15 is 0 Å². The molecule has 0 aliphatic carbocycles. The van der Waals surface area contributed by atoms with E-state index in [1.165, 1.54) is 6.92 Å². The zero-order chi connectivity index (χ0) is 20.5. The molecule has 0 unspecified atom stereocenters. The van der Waals surface area contributed by atoms with Crippen LogP contribution in [0.15, 0.2) is 48.5 Å². The fourth-order valence-electron chi connectivity index (χ4n) is 2.36. The average molecular weight is 384 g/mol. The van der Waals surface area contributed by atoms with Crippen molar-refractivity contribution in [3.05, 3.63) is 59.7 Å². The van der Waals surface area contributed by atoms with E-state index < -0.39 is 23.9 Å². The van der Waals surface area contributed by atoms with Gasteiger partial charge in [-0.15, -0.1) is 0 Å². The molecule has 0 bridgehead atoms. The van der Waals surface area contributed by atoms with Crippen molar-refractivity contribution in [1.82, 2.24) is 5.32 Å². The van der Waals surface area contributed by atoms with Gasteiger partial charge in [-0.25, -0.2) is 0 Å². The number of esters is 1. The molecule has 2 N–H and O–H groups in total. The Balaban J connectivity index is 1.83. The second kappa shape index (κ2) is 10.1. The Morgan fingerprint density at radius 3 is 2.39 bits per heavy atom. The number of hydrogen-bond donors (Lipinski definition) is 2. The molecule has 0 aliphatic rings. The third-order valence-corrected chi connectivity index (χ3v) is 3.82. The van der Waals surface area contributed by atoms with Crippen molar-refractivity contribution < 1.29 is 23.9 Å². The van der Waals surface area contributed by atoms with Crippen molar-refractivity contribution >= 4 is 23.5 Å². The van der Waals surface area contributed by atoms with Gasteiger partial charge in [-0.2, -0.15) is 0 Å². The Morgan fingerprint density at radius 2 is 1.71 bits per heavy atom. The lowest BCUT2D eigenvalue weighted by molar-refractivity contribution is -0.152. The number of carbonyl (C=O) groups is 3. The van der Waals surface area contributed by atoms with E-state index in [9.17, 15) is 14.4 Å². The number of hydrogen-bond acceptors (Lipinski definition) is 5. The van der Waals surface area contributed by atoms with Gasteiger partial charge >= 0.3 is 5.97 Å². The van der Waals surface area contributed by atoms with Crippen LogP contribution in [0, 0.1) is 6.92 Å². The Bertz CT molecular complexity index is 833. The molecule has 0 radical (unpaired) electrons. The normalized spacial score (nSPS) is 11.2. The van der Waals surface area contributed by atoms with Crippen LogP contribution >= 0.6 is 0 Å². The first-order valence-corrected chi connectivity index (χ1v) is 8.97. The topological polar surface area (TPSA) is 93.7 Å². The van der Waals surface area contributed by atoms with Gasteiger partial charge < -0.3 is 20.1 Å². The molecule has 2 aromatic rings. The quantitative estimate of drug-likeness (QED) is 0.683. The molecule has 7 heteroatoms. The van der Waals surface area contributed by atoms with Gasteiger partial charge in [0.1, 0.15) is 12.3 Å². The minimum absolute atomic E-state index is 0.322. The molecule has 0 saturated heterocycles. The number of para-hydroxylation sites is 1. The number of anilines is 1. The highest BCUT2D eigenvalue weighted by Gasteiger charge is 2.19. The van der Waals surface area contributed by atoms with Crippen molar-refractivity contribution in [2.45, 2.75) is 26.9 Å². The Hall–Kier alpha value is -3.35. The molecule has 0 saturated carbocycles. The summed E-state index contributed by atoms with van der Waals surface area (Å²) in [5.41, 5.74) is 2.00. The van der Waals surface area contributed by atoms with E-state index in [0.29, 0.717) is 23.6 Å². The number of carbonyl (C=O) groups excluding carboxylic acids is 3. The molecule has 2 amide bonds. The van der Waals surface area contributed by atoms with Crippen LogP contribution in [0.25, 0.3) is 0 Å². The molecular formula is C21H24N2O5. The molecule has 148 valence electrons. The van der Waals surface area contributed by atoms with E-state index in [1.54, 1.807) is 36.4 Å². The fraction of sp³-hybridized carbons (Fsp3) is 0.286. The summed E-state index contributed by atoms with van der Waals surface area (Å²) in [6, 6.07) is 14.0. The predicted molar refractivity (Wildman–Crippen MR) is 105 cm³/mol. The first kappa shape index (κ1) is 21.0. The molecule has 2 rings (SSSR count). The Labute approximate surface area is 164 Å². The van der Waals surface area contributed by atoms with Crippen LogP contribution in [-0.2, 0) is 14.3 Å². The highest BCUT2D eigenvalue weighted by atomic mass is 16.5. The summed E-state index contributed by atoms with van der Waals surface area (Å²) in [5.74, 6) is -1.20. The molecular weight excluding hydrogens is 360 g/mol. The van der Waals surface area contributed by atoms with Crippen LogP contribution in [0.3, 0.4) is 0 Å². The van der Waals surface area contributed by atoms with Crippen molar-refractivity contribution in [2.24, 2.45) is 0 Å². The van der Waals surface area contributed by atoms with Crippen LogP contribution in [0.1, 0.15) is 29.8 Å². The average Bonchev–Trinajstić information content (AvgIpc) is 2.68. The van der Waals surface area contributed by atoms with Gasteiger partial charge in [0, 0.05) is 5.69 Å². The second-order valence-electron chi connectivity index (χ2n) is 6.10. The smallest absolute Gasteiger partial charge is 0.326 e. The summed E-state index contributed by atoms with van der Waals surface area (Å²) < 4.78 is 10.5. The van der Waals surface area contributed by atoms with Crippen LogP contribution in [0.2, 0.25) is 0 Å². The van der Waals surface area contributed by atoms with E-state index in [4.69, 9.17) is 9.47 Å². The first-order chi connectivity index (χ1) is 13.4. The molecule has 0 spiro atoms. The highest BCUT2D eigenvalue weighted by molar-refractivity contribution is 5.99. The minimum Gasteiger partial charge on any atom is -0.493 e. The number of benzene rings is 2. The predicted octanol–water partition coefficient (Wildman–Crippen LogP) is 2.69. The molecule has 0 aliphatic heterocycles. The number of aryl methyl sites for hydroxylation is 1. The maximum atomic E-state index is 12.3. The summed E-state index contributed by atoms with van der Waals surface area (Å²) in [5, 5.41) is 5.14. The van der Waals surface area contributed by atoms with Gasteiger partial charge in [-0.3, -0.25) is 14.4 Å². The largest absolute Gasteiger partial charge is 0.493 e. The van der Waals surface area contributed by atoms with Gasteiger partial charge in [0.05, 0.1) is 12.2 Å². The minimum atomic E-state index is -0.999. The summed E-state index contributed by atoms with van der Waals surface area (Å²) in [4.78, 5) is 36.3. The van der Waals surface area contributed by atoms with Crippen LogP contribution in [-0.4, -0.2) is 37.0 Å². The summed E-state index contributed by atoms with van der Waals surface area (Å²) in [6.07, 6.45) is -0.999. The molecule has 0 fully saturated rings. The lowest BCUT2D eigenvalue weighted by Gasteiger charge is -2.14. The van der Waals surface area contributed by atoms with Gasteiger partial charge in [-0.1, -0.05) is 29.8 Å². The third kappa shape index (κ3) is 6.12. The van der Waals surface area contributed by atoms with Gasteiger partial charge in [-0.05, 0) is 45.0 Å². The molecule has 0 heterocycles. The van der Waals surface area contributed by atoms with E-state index in [2.05, 4.69) is 10.6 Å². The third-order valence-electron chi connectivity index (χ3n) is 3.82. The zero-order valence-electron chi connectivity index (χ0n) is 16.2. The van der Waals surface area contributed by atoms with Crippen LogP contribution < -0.4 is 15.4 Å². The Morgan fingerprint density at radius 1 is 1.04 bits per heavy atom. The summed E-state index contributed by atoms with van der Waals surface area (Å²) in [6.45, 7) is 5.28. The number of nitrogens with one attached hydrogen (secondary N) is 2. The molecule has 28 heavy (non-hydrogen) atoms. The van der Waals surface area contributed by atoms with Crippen LogP contribution in [0.5, 0.6) is 5.75 Å². The fourth-order valence-corrected chi connectivity index (χ4v) is 2.36. The molecule has 1 atom stereocenters. The Kier molecular flexibility index (Phi) is 7.56. The van der Waals surface area contributed by atoms with Crippen molar-refractivity contribution in [2.75, 3.05) is 18.5 Å². The standard InChI is InChI=1S/C21H24N2O5/c1-4-27-18-8-6-5-7-17(18)21(26)22-13-19(24)28-15(3)20(25)23-16-11-9-14(2)10-12-16/h5-12,15H,4,13H2,1-3H3,(H,22,26)(H,23,25)/t15-/m0/s1.